The zero-order chi connectivity index (χ0) is 19.3. The van der Waals surface area contributed by atoms with Crippen LogP contribution in [0.2, 0.25) is 0 Å². The molecular formula is C17H36O6S2. The maximum absolute atomic E-state index is 12.0. The maximum Gasteiger partial charge on any atom is 0.267 e. The molecule has 0 aliphatic rings. The van der Waals surface area contributed by atoms with E-state index >= 15 is 0 Å². The van der Waals surface area contributed by atoms with E-state index in [0.717, 1.165) is 38.5 Å². The molecule has 0 bridgehead atoms. The van der Waals surface area contributed by atoms with Gasteiger partial charge in [0.1, 0.15) is 12.2 Å². The molecular weight excluding hydrogens is 364 g/mol. The monoisotopic (exact) mass is 400 g/mol. The van der Waals surface area contributed by atoms with Gasteiger partial charge in [-0.2, -0.15) is 16.8 Å². The summed E-state index contributed by atoms with van der Waals surface area (Å²) in [4.78, 5) is 0. The summed E-state index contributed by atoms with van der Waals surface area (Å²) >= 11 is 0. The SMILES string of the molecule is CCCCCCS(=O)(=O)OC(C)C(CC)OS(=O)(=O)CCCCCC. The highest BCUT2D eigenvalue weighted by Gasteiger charge is 2.27. The quantitative estimate of drug-likeness (QED) is 0.287. The minimum atomic E-state index is -3.67. The Kier molecular flexibility index (Phi) is 13.0. The molecule has 0 aliphatic carbocycles. The standard InChI is InChI=1S/C17H36O6S2/c1-5-8-10-12-14-24(18,19)22-16(4)17(7-3)23-25(20,21)15-13-11-9-6-2/h16-17H,5-15H2,1-4H3. The van der Waals surface area contributed by atoms with E-state index < -0.39 is 32.4 Å². The molecule has 2 unspecified atom stereocenters. The van der Waals surface area contributed by atoms with E-state index in [-0.39, 0.29) is 11.5 Å². The lowest BCUT2D eigenvalue weighted by Crippen LogP contribution is -2.34. The van der Waals surface area contributed by atoms with E-state index in [1.165, 1.54) is 0 Å². The van der Waals surface area contributed by atoms with Gasteiger partial charge < -0.3 is 0 Å². The van der Waals surface area contributed by atoms with E-state index in [4.69, 9.17) is 8.37 Å². The molecule has 2 atom stereocenters. The van der Waals surface area contributed by atoms with Gasteiger partial charge >= 0.3 is 0 Å². The molecule has 0 spiro atoms. The molecule has 6 nitrogen and oxygen atoms in total. The van der Waals surface area contributed by atoms with E-state index in [2.05, 4.69) is 13.8 Å². The summed E-state index contributed by atoms with van der Waals surface area (Å²) in [6, 6.07) is 0. The average Bonchev–Trinajstić information content (AvgIpc) is 2.53. The molecule has 0 aromatic rings. The summed E-state index contributed by atoms with van der Waals surface area (Å²) in [6.07, 6.45) is 5.56. The Hall–Kier alpha value is -0.180. The Morgan fingerprint density at radius 2 is 1.12 bits per heavy atom. The minimum absolute atomic E-state index is 0.0417. The molecule has 0 amide bonds. The molecule has 0 heterocycles. The van der Waals surface area contributed by atoms with Gasteiger partial charge in [-0.1, -0.05) is 59.3 Å². The summed E-state index contributed by atoms with van der Waals surface area (Å²) in [5.74, 6) is -0.0858. The van der Waals surface area contributed by atoms with Crippen LogP contribution in [0.1, 0.15) is 85.5 Å². The Balaban J connectivity index is 4.51. The van der Waals surface area contributed by atoms with Crippen molar-refractivity contribution in [1.82, 2.24) is 0 Å². The third-order valence-corrected chi connectivity index (χ3v) is 6.70. The summed E-state index contributed by atoms with van der Waals surface area (Å²) < 4.78 is 58.5. The van der Waals surface area contributed by atoms with Gasteiger partial charge in [-0.05, 0) is 26.2 Å². The van der Waals surface area contributed by atoms with Crippen LogP contribution >= 0.6 is 0 Å². The van der Waals surface area contributed by atoms with Crippen molar-refractivity contribution in [2.24, 2.45) is 0 Å². The summed E-state index contributed by atoms with van der Waals surface area (Å²) in [5.41, 5.74) is 0. The molecule has 152 valence electrons. The highest BCUT2D eigenvalue weighted by Crippen LogP contribution is 2.16. The van der Waals surface area contributed by atoms with Crippen LogP contribution in [0.3, 0.4) is 0 Å². The first-order chi connectivity index (χ1) is 11.7. The molecule has 8 heteroatoms. The van der Waals surface area contributed by atoms with E-state index in [0.29, 0.717) is 19.3 Å². The van der Waals surface area contributed by atoms with Crippen LogP contribution in [0, 0.1) is 0 Å². The Morgan fingerprint density at radius 3 is 1.52 bits per heavy atom. The van der Waals surface area contributed by atoms with Gasteiger partial charge in [-0.3, -0.25) is 8.37 Å². The lowest BCUT2D eigenvalue weighted by Gasteiger charge is -2.22. The Morgan fingerprint density at radius 1 is 0.680 bits per heavy atom. The fourth-order valence-corrected chi connectivity index (χ4v) is 5.03. The first kappa shape index (κ1) is 24.8. The number of unbranched alkanes of at least 4 members (excludes halogenated alkanes) is 6. The van der Waals surface area contributed by atoms with Crippen LogP contribution in [0.15, 0.2) is 0 Å². The average molecular weight is 401 g/mol. The Labute approximate surface area is 154 Å². The third kappa shape index (κ3) is 12.8. The largest absolute Gasteiger partial charge is 0.267 e. The second-order valence-corrected chi connectivity index (χ2v) is 9.92. The molecule has 0 rings (SSSR count). The van der Waals surface area contributed by atoms with Crippen LogP contribution in [0.25, 0.3) is 0 Å². The van der Waals surface area contributed by atoms with E-state index in [1.54, 1.807) is 13.8 Å². The van der Waals surface area contributed by atoms with Crippen molar-refractivity contribution >= 4 is 20.2 Å². The van der Waals surface area contributed by atoms with E-state index in [9.17, 15) is 16.8 Å². The lowest BCUT2D eigenvalue weighted by molar-refractivity contribution is 0.0719. The summed E-state index contributed by atoms with van der Waals surface area (Å²) in [5, 5.41) is 0. The molecule has 0 saturated carbocycles. The van der Waals surface area contributed by atoms with E-state index in [1.807, 2.05) is 0 Å². The smallest absolute Gasteiger partial charge is 0.264 e. The molecule has 0 radical (unpaired) electrons. The van der Waals surface area contributed by atoms with Gasteiger partial charge in [0.05, 0.1) is 11.5 Å². The number of hydrogen-bond donors (Lipinski definition) is 0. The second kappa shape index (κ2) is 13.1. The van der Waals surface area contributed by atoms with Crippen molar-refractivity contribution in [3.63, 3.8) is 0 Å². The van der Waals surface area contributed by atoms with Crippen molar-refractivity contribution in [3.05, 3.63) is 0 Å². The van der Waals surface area contributed by atoms with Crippen LogP contribution in [-0.4, -0.2) is 40.5 Å². The highest BCUT2D eigenvalue weighted by molar-refractivity contribution is 7.87. The highest BCUT2D eigenvalue weighted by atomic mass is 32.2. The van der Waals surface area contributed by atoms with Crippen molar-refractivity contribution in [2.75, 3.05) is 11.5 Å². The van der Waals surface area contributed by atoms with Gasteiger partial charge in [0.25, 0.3) is 20.2 Å². The van der Waals surface area contributed by atoms with Crippen molar-refractivity contribution in [1.29, 1.82) is 0 Å². The van der Waals surface area contributed by atoms with Crippen LogP contribution in [0.4, 0.5) is 0 Å². The van der Waals surface area contributed by atoms with Crippen LogP contribution < -0.4 is 0 Å². The number of rotatable bonds is 16. The molecule has 25 heavy (non-hydrogen) atoms. The molecule has 0 N–H and O–H groups in total. The topological polar surface area (TPSA) is 86.7 Å². The van der Waals surface area contributed by atoms with Crippen molar-refractivity contribution < 1.29 is 25.2 Å². The zero-order valence-corrected chi connectivity index (χ0v) is 17.8. The lowest BCUT2D eigenvalue weighted by atomic mass is 10.2. The summed E-state index contributed by atoms with van der Waals surface area (Å²) in [6.45, 7) is 7.41. The van der Waals surface area contributed by atoms with Crippen molar-refractivity contribution in [3.8, 4) is 0 Å². The fraction of sp³-hybridized carbons (Fsp3) is 1.00. The normalized spacial score (nSPS) is 15.2. The van der Waals surface area contributed by atoms with Crippen LogP contribution in [0.5, 0.6) is 0 Å². The zero-order valence-electron chi connectivity index (χ0n) is 16.2. The minimum Gasteiger partial charge on any atom is -0.264 e. The molecule has 0 aromatic heterocycles. The Bertz CT molecular complexity index is 527. The van der Waals surface area contributed by atoms with Crippen LogP contribution in [-0.2, 0) is 28.6 Å². The maximum atomic E-state index is 12.0. The molecule has 0 fully saturated rings. The number of hydrogen-bond acceptors (Lipinski definition) is 6. The van der Waals surface area contributed by atoms with Crippen molar-refractivity contribution in [2.45, 2.75) is 97.7 Å². The first-order valence-electron chi connectivity index (χ1n) is 9.49. The summed E-state index contributed by atoms with van der Waals surface area (Å²) in [7, 11) is -7.34. The first-order valence-corrected chi connectivity index (χ1v) is 12.6. The molecule has 0 aromatic carbocycles. The molecule has 0 aliphatic heterocycles. The second-order valence-electron chi connectivity index (χ2n) is 6.49. The predicted octanol–water partition coefficient (Wildman–Crippen LogP) is 4.01. The van der Waals surface area contributed by atoms with Gasteiger partial charge in [0.2, 0.25) is 0 Å². The fourth-order valence-electron chi connectivity index (χ4n) is 2.47. The van der Waals surface area contributed by atoms with Gasteiger partial charge in [-0.25, -0.2) is 0 Å². The third-order valence-electron chi connectivity index (χ3n) is 3.99. The van der Waals surface area contributed by atoms with Gasteiger partial charge in [-0.15, -0.1) is 0 Å². The van der Waals surface area contributed by atoms with Gasteiger partial charge in [0.15, 0.2) is 0 Å². The van der Waals surface area contributed by atoms with Gasteiger partial charge in [0, 0.05) is 0 Å². The predicted molar refractivity (Wildman–Crippen MR) is 102 cm³/mol. The molecule has 0 saturated heterocycles.